The van der Waals surface area contributed by atoms with Gasteiger partial charge in [0.15, 0.2) is 0 Å². The zero-order valence-corrected chi connectivity index (χ0v) is 18.9. The molecule has 0 unspecified atom stereocenters. The zero-order chi connectivity index (χ0) is 25.9. The standard InChI is InChI=1S/C27H20O9/c1-3-24(28)33-17-32-20-9-5-18(6-10-20)26(30)35-22-13-15-23(16-14-22)36-27(31)19-7-11-21(12-8-19)34-25(29)4-2/h3-16H,1-2,17H2. The molecule has 0 bridgehead atoms. The Balaban J connectivity index is 1.51. The Morgan fingerprint density at radius 3 is 1.39 bits per heavy atom. The van der Waals surface area contributed by atoms with Gasteiger partial charge in [-0.05, 0) is 72.8 Å². The van der Waals surface area contributed by atoms with Crippen LogP contribution in [0.1, 0.15) is 20.7 Å². The lowest BCUT2D eigenvalue weighted by Crippen LogP contribution is -2.10. The molecule has 0 aromatic heterocycles. The van der Waals surface area contributed by atoms with Crippen molar-refractivity contribution in [2.24, 2.45) is 0 Å². The fourth-order valence-electron chi connectivity index (χ4n) is 2.63. The maximum Gasteiger partial charge on any atom is 0.343 e. The van der Waals surface area contributed by atoms with Crippen LogP contribution in [0.2, 0.25) is 0 Å². The summed E-state index contributed by atoms with van der Waals surface area (Å²) in [4.78, 5) is 46.9. The molecule has 0 spiro atoms. The highest BCUT2D eigenvalue weighted by Gasteiger charge is 2.12. The van der Waals surface area contributed by atoms with Crippen molar-refractivity contribution in [3.8, 4) is 23.0 Å². The normalized spacial score (nSPS) is 9.89. The molecule has 0 aliphatic rings. The maximum atomic E-state index is 12.4. The monoisotopic (exact) mass is 488 g/mol. The smallest absolute Gasteiger partial charge is 0.343 e. The first-order valence-electron chi connectivity index (χ1n) is 10.4. The number of esters is 4. The van der Waals surface area contributed by atoms with Crippen LogP contribution < -0.4 is 18.9 Å². The molecule has 0 N–H and O–H groups in total. The molecule has 0 heterocycles. The molecule has 182 valence electrons. The van der Waals surface area contributed by atoms with Gasteiger partial charge in [-0.3, -0.25) is 0 Å². The lowest BCUT2D eigenvalue weighted by molar-refractivity contribution is -0.144. The molecule has 0 radical (unpaired) electrons. The Kier molecular flexibility index (Phi) is 8.71. The highest BCUT2D eigenvalue weighted by Crippen LogP contribution is 2.21. The molecule has 0 fully saturated rings. The van der Waals surface area contributed by atoms with Crippen molar-refractivity contribution in [3.05, 3.63) is 109 Å². The predicted molar refractivity (Wildman–Crippen MR) is 127 cm³/mol. The van der Waals surface area contributed by atoms with Crippen molar-refractivity contribution < 1.29 is 42.9 Å². The van der Waals surface area contributed by atoms with Gasteiger partial charge >= 0.3 is 23.9 Å². The van der Waals surface area contributed by atoms with Crippen LogP contribution in [0.4, 0.5) is 0 Å². The van der Waals surface area contributed by atoms with Crippen LogP contribution in [0.5, 0.6) is 23.0 Å². The van der Waals surface area contributed by atoms with Crippen LogP contribution in [-0.2, 0) is 14.3 Å². The topological polar surface area (TPSA) is 114 Å². The molecule has 0 saturated carbocycles. The van der Waals surface area contributed by atoms with E-state index in [0.717, 1.165) is 12.2 Å². The van der Waals surface area contributed by atoms with Crippen molar-refractivity contribution in [2.75, 3.05) is 6.79 Å². The second kappa shape index (κ2) is 12.3. The third kappa shape index (κ3) is 7.42. The number of hydrogen-bond acceptors (Lipinski definition) is 9. The summed E-state index contributed by atoms with van der Waals surface area (Å²) in [5, 5.41) is 0. The number of benzene rings is 3. The summed E-state index contributed by atoms with van der Waals surface area (Å²) in [6.07, 6.45) is 2.05. The van der Waals surface area contributed by atoms with Gasteiger partial charge in [-0.1, -0.05) is 13.2 Å². The summed E-state index contributed by atoms with van der Waals surface area (Å²) in [7, 11) is 0. The third-order valence-corrected chi connectivity index (χ3v) is 4.40. The summed E-state index contributed by atoms with van der Waals surface area (Å²) in [6, 6.07) is 17.8. The molecule has 0 aliphatic carbocycles. The van der Waals surface area contributed by atoms with E-state index in [1.54, 1.807) is 0 Å². The van der Waals surface area contributed by atoms with Crippen molar-refractivity contribution in [3.63, 3.8) is 0 Å². The van der Waals surface area contributed by atoms with Crippen LogP contribution >= 0.6 is 0 Å². The maximum absolute atomic E-state index is 12.4. The number of hydrogen-bond donors (Lipinski definition) is 0. The molecule has 3 aromatic carbocycles. The number of carbonyl (C=O) groups excluding carboxylic acids is 4. The summed E-state index contributed by atoms with van der Waals surface area (Å²) in [5.41, 5.74) is 0.512. The van der Waals surface area contributed by atoms with E-state index in [1.165, 1.54) is 72.8 Å². The predicted octanol–water partition coefficient (Wildman–Crippen LogP) is 4.28. The molecular formula is C27H20O9. The number of rotatable bonds is 10. The van der Waals surface area contributed by atoms with Gasteiger partial charge in [-0.2, -0.15) is 0 Å². The Hall–Kier alpha value is -5.18. The Bertz CT molecular complexity index is 1260. The van der Waals surface area contributed by atoms with Gasteiger partial charge in [0.1, 0.15) is 23.0 Å². The van der Waals surface area contributed by atoms with Gasteiger partial charge in [0.25, 0.3) is 0 Å². The van der Waals surface area contributed by atoms with E-state index in [4.69, 9.17) is 23.7 Å². The second-order valence-corrected chi connectivity index (χ2v) is 6.85. The first-order chi connectivity index (χ1) is 17.4. The van der Waals surface area contributed by atoms with Crippen molar-refractivity contribution >= 4 is 23.9 Å². The molecule has 9 nitrogen and oxygen atoms in total. The fourth-order valence-corrected chi connectivity index (χ4v) is 2.63. The summed E-state index contributed by atoms with van der Waals surface area (Å²) in [6.45, 7) is 6.30. The van der Waals surface area contributed by atoms with Crippen LogP contribution in [0, 0.1) is 0 Å². The van der Waals surface area contributed by atoms with Gasteiger partial charge in [-0.25, -0.2) is 19.2 Å². The van der Waals surface area contributed by atoms with Crippen molar-refractivity contribution in [2.45, 2.75) is 0 Å². The Labute approximate surface area is 206 Å². The van der Waals surface area contributed by atoms with Crippen LogP contribution in [0.25, 0.3) is 0 Å². The number of ether oxygens (including phenoxy) is 5. The molecule has 0 saturated heterocycles. The van der Waals surface area contributed by atoms with Crippen molar-refractivity contribution in [1.29, 1.82) is 0 Å². The largest absolute Gasteiger partial charge is 0.457 e. The van der Waals surface area contributed by atoms with E-state index in [2.05, 4.69) is 13.2 Å². The van der Waals surface area contributed by atoms with Crippen LogP contribution in [0.15, 0.2) is 98.1 Å². The first kappa shape index (κ1) is 25.4. The van der Waals surface area contributed by atoms with E-state index < -0.39 is 23.9 Å². The van der Waals surface area contributed by atoms with Gasteiger partial charge < -0.3 is 23.7 Å². The quantitative estimate of drug-likeness (QED) is 0.178. The lowest BCUT2D eigenvalue weighted by atomic mass is 10.2. The van der Waals surface area contributed by atoms with E-state index in [1.807, 2.05) is 0 Å². The third-order valence-electron chi connectivity index (χ3n) is 4.40. The van der Waals surface area contributed by atoms with E-state index in [9.17, 15) is 19.2 Å². The summed E-state index contributed by atoms with van der Waals surface area (Å²) in [5.74, 6) is -1.32. The van der Waals surface area contributed by atoms with Gasteiger partial charge in [-0.15, -0.1) is 0 Å². The fraction of sp³-hybridized carbons (Fsp3) is 0.0370. The van der Waals surface area contributed by atoms with Gasteiger partial charge in [0, 0.05) is 12.2 Å². The minimum Gasteiger partial charge on any atom is -0.457 e. The second-order valence-electron chi connectivity index (χ2n) is 6.85. The molecule has 0 amide bonds. The Morgan fingerprint density at radius 2 is 0.944 bits per heavy atom. The molecule has 9 heteroatoms. The van der Waals surface area contributed by atoms with E-state index >= 15 is 0 Å². The number of carbonyl (C=O) groups is 4. The average molecular weight is 488 g/mol. The minimum absolute atomic E-state index is 0.237. The Morgan fingerprint density at radius 1 is 0.556 bits per heavy atom. The highest BCUT2D eigenvalue weighted by atomic mass is 16.7. The zero-order valence-electron chi connectivity index (χ0n) is 18.9. The molecule has 0 aliphatic heterocycles. The summed E-state index contributed by atoms with van der Waals surface area (Å²) >= 11 is 0. The first-order valence-corrected chi connectivity index (χ1v) is 10.4. The molecule has 3 rings (SSSR count). The van der Waals surface area contributed by atoms with Crippen LogP contribution in [0.3, 0.4) is 0 Å². The van der Waals surface area contributed by atoms with Crippen molar-refractivity contribution in [1.82, 2.24) is 0 Å². The SMILES string of the molecule is C=CC(=O)OCOc1ccc(C(=O)Oc2ccc(OC(=O)c3ccc(OC(=O)C=C)cc3)cc2)cc1. The highest BCUT2D eigenvalue weighted by molar-refractivity contribution is 5.92. The van der Waals surface area contributed by atoms with Crippen LogP contribution in [-0.4, -0.2) is 30.7 Å². The summed E-state index contributed by atoms with van der Waals surface area (Å²) < 4.78 is 25.5. The molecular weight excluding hydrogens is 468 g/mol. The average Bonchev–Trinajstić information content (AvgIpc) is 2.90. The van der Waals surface area contributed by atoms with Gasteiger partial charge in [0.05, 0.1) is 11.1 Å². The van der Waals surface area contributed by atoms with Gasteiger partial charge in [0.2, 0.25) is 6.79 Å². The molecule has 36 heavy (non-hydrogen) atoms. The minimum atomic E-state index is -0.622. The van der Waals surface area contributed by atoms with E-state index in [-0.39, 0.29) is 35.2 Å². The lowest BCUT2D eigenvalue weighted by Gasteiger charge is -2.08. The van der Waals surface area contributed by atoms with E-state index in [0.29, 0.717) is 5.75 Å². The molecule has 3 aromatic rings. The molecule has 0 atom stereocenters.